The van der Waals surface area contributed by atoms with Crippen LogP contribution in [-0.4, -0.2) is 22.4 Å². The molecule has 4 nitrogen and oxygen atoms in total. The van der Waals surface area contributed by atoms with Gasteiger partial charge in [0.25, 0.3) is 0 Å². The van der Waals surface area contributed by atoms with Crippen molar-refractivity contribution >= 4 is 65.7 Å². The maximum absolute atomic E-state index is 6.55. The van der Waals surface area contributed by atoms with E-state index in [4.69, 9.17) is 9.73 Å². The van der Waals surface area contributed by atoms with Crippen LogP contribution in [0.25, 0.3) is 87.8 Å². The summed E-state index contributed by atoms with van der Waals surface area (Å²) < 4.78 is 8.95. The Kier molecular flexibility index (Phi) is 7.85. The van der Waals surface area contributed by atoms with Gasteiger partial charge in [0.2, 0.25) is 0 Å². The highest BCUT2D eigenvalue weighted by atomic mass is 16.5. The molecule has 0 amide bonds. The maximum atomic E-state index is 6.55. The third kappa shape index (κ3) is 5.51. The molecule has 1 atom stereocenters. The summed E-state index contributed by atoms with van der Waals surface area (Å²) in [4.78, 5) is 7.64. The Hall–Kier alpha value is -8.21. The largest absolute Gasteiger partial charge is 0.456 e. The molecular formula is C59H39N3O. The van der Waals surface area contributed by atoms with E-state index < -0.39 is 0 Å². The molecule has 0 saturated carbocycles. The van der Waals surface area contributed by atoms with Crippen LogP contribution in [0.2, 0.25) is 0 Å². The van der Waals surface area contributed by atoms with Gasteiger partial charge in [0, 0.05) is 40.2 Å². The van der Waals surface area contributed by atoms with Gasteiger partial charge < -0.3 is 14.2 Å². The third-order valence-electron chi connectivity index (χ3n) is 13.2. The second-order valence-electron chi connectivity index (χ2n) is 16.7. The van der Waals surface area contributed by atoms with Crippen molar-refractivity contribution in [3.8, 4) is 33.7 Å². The summed E-state index contributed by atoms with van der Waals surface area (Å²) in [6.07, 6.45) is 0. The molecule has 4 heteroatoms. The molecular weight excluding hydrogens is 767 g/mol. The molecule has 0 spiro atoms. The van der Waals surface area contributed by atoms with Gasteiger partial charge in [-0.3, -0.25) is 0 Å². The Bertz CT molecular complexity index is 3700. The topological polar surface area (TPSA) is 29.8 Å². The lowest BCUT2D eigenvalue weighted by atomic mass is 9.92. The number of amidine groups is 1. The van der Waals surface area contributed by atoms with E-state index in [1.165, 1.54) is 65.3 Å². The molecule has 296 valence electrons. The van der Waals surface area contributed by atoms with Gasteiger partial charge in [-0.2, -0.15) is 0 Å². The summed E-state index contributed by atoms with van der Waals surface area (Å²) in [6.45, 7) is 0. The fourth-order valence-electron chi connectivity index (χ4n) is 10.3. The molecule has 13 rings (SSSR count). The zero-order valence-electron chi connectivity index (χ0n) is 34.5. The van der Waals surface area contributed by atoms with E-state index in [0.717, 1.165) is 56.5 Å². The summed E-state index contributed by atoms with van der Waals surface area (Å²) >= 11 is 0. The van der Waals surface area contributed by atoms with E-state index in [9.17, 15) is 0 Å². The van der Waals surface area contributed by atoms with E-state index >= 15 is 0 Å². The van der Waals surface area contributed by atoms with Gasteiger partial charge >= 0.3 is 0 Å². The third-order valence-corrected chi connectivity index (χ3v) is 13.2. The lowest BCUT2D eigenvalue weighted by Gasteiger charge is -2.33. The van der Waals surface area contributed by atoms with E-state index in [0.29, 0.717) is 0 Å². The van der Waals surface area contributed by atoms with Gasteiger partial charge in [-0.25, -0.2) is 4.99 Å². The molecule has 0 aliphatic carbocycles. The number of nitrogens with zero attached hydrogens (tertiary/aromatic N) is 3. The number of hydrogen-bond donors (Lipinski definition) is 0. The van der Waals surface area contributed by atoms with Crippen LogP contribution in [-0.2, 0) is 0 Å². The van der Waals surface area contributed by atoms with Crippen LogP contribution in [0.15, 0.2) is 223 Å². The minimum absolute atomic E-state index is 0.0807. The van der Waals surface area contributed by atoms with Gasteiger partial charge in [0.1, 0.15) is 23.3 Å². The highest BCUT2D eigenvalue weighted by molar-refractivity contribution is 6.26. The molecule has 0 fully saturated rings. The van der Waals surface area contributed by atoms with E-state index in [1.54, 1.807) is 0 Å². The fraction of sp³-hybridized carbons (Fsp3) is 0.0339. The summed E-state index contributed by atoms with van der Waals surface area (Å²) in [5.74, 6) is 2.67. The van der Waals surface area contributed by atoms with Crippen molar-refractivity contribution in [1.82, 2.24) is 9.47 Å². The summed E-state index contributed by atoms with van der Waals surface area (Å²) in [5.41, 5.74) is 12.3. The molecule has 0 bridgehead atoms. The average molecular weight is 806 g/mol. The number of likely N-dealkylation sites (N-methyl/N-ethyl adjacent to an activating group) is 1. The molecule has 63 heavy (non-hydrogen) atoms. The Morgan fingerprint density at radius 1 is 0.397 bits per heavy atom. The zero-order chi connectivity index (χ0) is 41.6. The Morgan fingerprint density at radius 2 is 0.889 bits per heavy atom. The number of fused-ring (bicyclic) bond motifs is 12. The average Bonchev–Trinajstić information content (AvgIpc) is 3.91. The van der Waals surface area contributed by atoms with Crippen molar-refractivity contribution in [1.29, 1.82) is 0 Å². The Morgan fingerprint density at radius 3 is 1.56 bits per heavy atom. The molecule has 1 aromatic heterocycles. The molecule has 2 aliphatic rings. The van der Waals surface area contributed by atoms with Crippen molar-refractivity contribution < 1.29 is 4.74 Å². The number of aliphatic imine (C=N–C) groups is 1. The molecule has 10 aromatic carbocycles. The van der Waals surface area contributed by atoms with Crippen LogP contribution in [0.1, 0.15) is 22.7 Å². The maximum Gasteiger partial charge on any atom is 0.157 e. The normalized spacial score (nSPS) is 14.7. The summed E-state index contributed by atoms with van der Waals surface area (Å²) in [6, 6.07) is 76.7. The second kappa shape index (κ2) is 13.9. The van der Waals surface area contributed by atoms with Crippen molar-refractivity contribution in [3.05, 3.63) is 235 Å². The first-order valence-electron chi connectivity index (χ1n) is 21.6. The van der Waals surface area contributed by atoms with E-state index in [1.807, 2.05) is 12.1 Å². The quantitative estimate of drug-likeness (QED) is 0.162. The molecule has 0 radical (unpaired) electrons. The smallest absolute Gasteiger partial charge is 0.157 e. The number of rotatable bonds is 5. The standard InChI is InChI=1S/C59H39N3O/c1-61-57-49-25-12-13-26-55(49)63-58(57)56(37-15-4-2-5-16-37)60-59(61)42-18-14-17-38(33-42)40-28-31-53-51(35-40)52-36-41(29-32-54(52)62(53)43-19-6-3-7-20-43)39-27-30-48-46-23-9-8-21-44(46)45-22-10-11-24-47(45)50(48)34-39/h2-36,57H,1H3. The number of hydrogen-bond acceptors (Lipinski definition) is 3. The van der Waals surface area contributed by atoms with Crippen LogP contribution in [0.4, 0.5) is 0 Å². The van der Waals surface area contributed by atoms with Crippen molar-refractivity contribution in [2.24, 2.45) is 4.99 Å². The SMILES string of the molecule is CN1C(c2cccc(-c3ccc4c(c3)c3cc(-c5ccc6c7ccccc7c7ccccc7c6c5)ccc3n4-c3ccccc3)c2)=NC(c2ccccc2)=C2Oc3ccccc3C21. The van der Waals surface area contributed by atoms with Gasteiger partial charge in [0.15, 0.2) is 5.76 Å². The summed E-state index contributed by atoms with van der Waals surface area (Å²) in [5, 5.41) is 10.1. The minimum atomic E-state index is -0.0807. The van der Waals surface area contributed by atoms with Crippen molar-refractivity contribution in [2.45, 2.75) is 6.04 Å². The molecule has 3 heterocycles. The minimum Gasteiger partial charge on any atom is -0.456 e. The van der Waals surface area contributed by atoms with Crippen molar-refractivity contribution in [2.75, 3.05) is 7.05 Å². The van der Waals surface area contributed by atoms with E-state index in [2.05, 4.69) is 217 Å². The molecule has 1 unspecified atom stereocenters. The molecule has 2 aliphatic heterocycles. The van der Waals surface area contributed by atoms with Gasteiger partial charge in [-0.15, -0.1) is 0 Å². The van der Waals surface area contributed by atoms with Crippen LogP contribution >= 0.6 is 0 Å². The van der Waals surface area contributed by atoms with Crippen LogP contribution in [0.3, 0.4) is 0 Å². The van der Waals surface area contributed by atoms with Crippen LogP contribution < -0.4 is 4.74 Å². The number of aromatic nitrogens is 1. The van der Waals surface area contributed by atoms with Gasteiger partial charge in [-0.05, 0) is 109 Å². The van der Waals surface area contributed by atoms with Gasteiger partial charge in [0.05, 0.1) is 11.0 Å². The fourth-order valence-corrected chi connectivity index (χ4v) is 10.3. The first-order valence-corrected chi connectivity index (χ1v) is 21.6. The molecule has 0 N–H and O–H groups in total. The summed E-state index contributed by atoms with van der Waals surface area (Å²) in [7, 11) is 2.13. The predicted molar refractivity (Wildman–Crippen MR) is 262 cm³/mol. The number of benzene rings is 10. The van der Waals surface area contributed by atoms with E-state index in [-0.39, 0.29) is 6.04 Å². The van der Waals surface area contributed by atoms with Crippen LogP contribution in [0.5, 0.6) is 5.75 Å². The Balaban J connectivity index is 0.962. The number of para-hydroxylation sites is 2. The lowest BCUT2D eigenvalue weighted by molar-refractivity contribution is 0.339. The second-order valence-corrected chi connectivity index (χ2v) is 16.7. The number of ether oxygens (including phenoxy) is 1. The molecule has 0 saturated heterocycles. The highest BCUT2D eigenvalue weighted by Gasteiger charge is 2.40. The predicted octanol–water partition coefficient (Wildman–Crippen LogP) is 14.8. The Labute approximate surface area is 364 Å². The monoisotopic (exact) mass is 805 g/mol. The lowest BCUT2D eigenvalue weighted by Crippen LogP contribution is -2.35. The highest BCUT2D eigenvalue weighted by Crippen LogP contribution is 2.48. The van der Waals surface area contributed by atoms with Gasteiger partial charge in [-0.1, -0.05) is 158 Å². The first kappa shape index (κ1) is 35.5. The zero-order valence-corrected chi connectivity index (χ0v) is 34.5. The van der Waals surface area contributed by atoms with Crippen LogP contribution in [0, 0.1) is 0 Å². The molecule has 11 aromatic rings. The first-order chi connectivity index (χ1) is 31.2. The van der Waals surface area contributed by atoms with Crippen molar-refractivity contribution in [3.63, 3.8) is 0 Å².